The first-order valence-electron chi connectivity index (χ1n) is 1.77. The number of hydrogen-bond acceptors (Lipinski definition) is 2. The van der Waals surface area contributed by atoms with Crippen molar-refractivity contribution in [3.63, 3.8) is 0 Å². The van der Waals surface area contributed by atoms with E-state index in [2.05, 4.69) is 0 Å². The Morgan fingerprint density at radius 3 is 1.30 bits per heavy atom. The molecule has 0 fully saturated rings. The Bertz CT molecular complexity index is 128. The fraction of sp³-hybridized carbons (Fsp3) is 0. The van der Waals surface area contributed by atoms with Crippen LogP contribution in [0.25, 0.3) is 0 Å². The third-order valence-corrected chi connectivity index (χ3v) is 0.368. The number of hydrogen-bond donors (Lipinski definition) is 2. The summed E-state index contributed by atoms with van der Waals surface area (Å²) in [5.74, 6) is -2.51. The zero-order valence-corrected chi connectivity index (χ0v) is 8.00. The number of carboxylic acids is 2. The molecule has 0 unspecified atom stereocenters. The summed E-state index contributed by atoms with van der Waals surface area (Å²) in [6.45, 7) is 0. The summed E-state index contributed by atoms with van der Waals surface area (Å²) in [5.41, 5.74) is 0. The van der Waals surface area contributed by atoms with Crippen molar-refractivity contribution >= 4 is 11.9 Å². The second-order valence-electron chi connectivity index (χ2n) is 1.01. The fourth-order valence-electron chi connectivity index (χ4n) is 0.143. The molecule has 0 bridgehead atoms. The summed E-state index contributed by atoms with van der Waals surface area (Å²) in [4.78, 5) is 19.1. The van der Waals surface area contributed by atoms with Gasteiger partial charge in [0.15, 0.2) is 0 Å². The maximum absolute atomic E-state index is 9.55. The molecule has 0 spiro atoms. The molecule has 0 aliphatic rings. The minimum Gasteiger partial charge on any atom is -1.00 e. The second-order valence-corrected chi connectivity index (χ2v) is 1.01. The van der Waals surface area contributed by atoms with Gasteiger partial charge in [-0.1, -0.05) is 0 Å². The molecule has 0 atom stereocenters. The van der Waals surface area contributed by atoms with Crippen LogP contribution in [-0.4, -0.2) is 22.2 Å². The largest absolute Gasteiger partial charge is 1.00 e. The Morgan fingerprint density at radius 1 is 1.00 bits per heavy atom. The Labute approximate surface area is 85.6 Å². The molecule has 0 saturated heterocycles. The zero-order chi connectivity index (χ0) is 6.57. The summed E-state index contributed by atoms with van der Waals surface area (Å²) in [7, 11) is 0. The molecule has 4 nitrogen and oxygen atoms in total. The van der Waals surface area contributed by atoms with Crippen molar-refractivity contribution in [2.45, 2.75) is 0 Å². The second kappa shape index (κ2) is 8.97. The molecule has 52 valence electrons. The maximum Gasteiger partial charge on any atom is 1.00 e. The van der Waals surface area contributed by atoms with E-state index in [9.17, 15) is 9.59 Å². The van der Waals surface area contributed by atoms with Gasteiger partial charge in [0, 0.05) is 12.2 Å². The standard InChI is InChI=1S/C4H4O4.ClH.Na/c5-3(6)1-2-4(7)8;;/h1-2H,(H,5,6)(H,7,8);1H;/q;;+1/p-1/b2-1+;;. The Morgan fingerprint density at radius 2 is 1.20 bits per heavy atom. The van der Waals surface area contributed by atoms with Crippen LogP contribution in [0.2, 0.25) is 0 Å². The molecule has 0 rings (SSSR count). The number of halogens is 1. The van der Waals surface area contributed by atoms with Gasteiger partial charge in [-0.25, -0.2) is 9.59 Å². The third-order valence-electron chi connectivity index (χ3n) is 0.368. The van der Waals surface area contributed by atoms with Gasteiger partial charge >= 0.3 is 41.5 Å². The molecular formula is C4H4ClNaO4. The average Bonchev–Trinajstić information content (AvgIpc) is 1.61. The van der Waals surface area contributed by atoms with Crippen molar-refractivity contribution in [2.75, 3.05) is 0 Å². The van der Waals surface area contributed by atoms with E-state index in [1.54, 1.807) is 0 Å². The topological polar surface area (TPSA) is 74.6 Å². The van der Waals surface area contributed by atoms with E-state index < -0.39 is 11.9 Å². The average molecular weight is 175 g/mol. The van der Waals surface area contributed by atoms with Crippen molar-refractivity contribution in [3.8, 4) is 0 Å². The minimum absolute atomic E-state index is 0. The molecule has 0 saturated carbocycles. The van der Waals surface area contributed by atoms with Crippen LogP contribution in [0.3, 0.4) is 0 Å². The van der Waals surface area contributed by atoms with E-state index in [0.717, 1.165) is 0 Å². The van der Waals surface area contributed by atoms with E-state index in [4.69, 9.17) is 10.2 Å². The Kier molecular flexibility index (Phi) is 14.8. The van der Waals surface area contributed by atoms with Gasteiger partial charge in [-0.3, -0.25) is 0 Å². The van der Waals surface area contributed by atoms with Crippen LogP contribution in [0.4, 0.5) is 0 Å². The summed E-state index contributed by atoms with van der Waals surface area (Å²) in [5, 5.41) is 15.6. The van der Waals surface area contributed by atoms with Crippen LogP contribution in [0.5, 0.6) is 0 Å². The van der Waals surface area contributed by atoms with E-state index in [1.165, 1.54) is 0 Å². The van der Waals surface area contributed by atoms with E-state index in [0.29, 0.717) is 12.2 Å². The van der Waals surface area contributed by atoms with Crippen LogP contribution in [-0.2, 0) is 9.59 Å². The first-order valence-corrected chi connectivity index (χ1v) is 1.77. The summed E-state index contributed by atoms with van der Waals surface area (Å²) in [6, 6.07) is 0. The summed E-state index contributed by atoms with van der Waals surface area (Å²) >= 11 is 0. The molecule has 0 heterocycles. The molecular weight excluding hydrogens is 170 g/mol. The van der Waals surface area contributed by atoms with Crippen LogP contribution < -0.4 is 42.0 Å². The number of rotatable bonds is 2. The molecule has 10 heavy (non-hydrogen) atoms. The summed E-state index contributed by atoms with van der Waals surface area (Å²) in [6.07, 6.45) is 1.12. The van der Waals surface area contributed by atoms with E-state index in [1.807, 2.05) is 0 Å². The molecule has 0 aromatic heterocycles. The van der Waals surface area contributed by atoms with Crippen molar-refractivity contribution in [1.82, 2.24) is 0 Å². The van der Waals surface area contributed by atoms with Gasteiger partial charge in [0.1, 0.15) is 0 Å². The van der Waals surface area contributed by atoms with Gasteiger partial charge in [0.05, 0.1) is 0 Å². The van der Waals surface area contributed by atoms with Gasteiger partial charge in [0.2, 0.25) is 0 Å². The van der Waals surface area contributed by atoms with Crippen molar-refractivity contribution in [2.24, 2.45) is 0 Å². The number of carboxylic acid groups (broad SMARTS) is 2. The van der Waals surface area contributed by atoms with E-state index >= 15 is 0 Å². The van der Waals surface area contributed by atoms with Crippen LogP contribution in [0, 0.1) is 0 Å². The normalized spacial score (nSPS) is 7.60. The molecule has 6 heteroatoms. The number of aliphatic carboxylic acids is 2. The molecule has 2 N–H and O–H groups in total. The summed E-state index contributed by atoms with van der Waals surface area (Å²) < 4.78 is 0. The SMILES string of the molecule is O=C(O)/C=C/C(=O)O.[Cl-].[Na+]. The first-order chi connectivity index (χ1) is 3.63. The first kappa shape index (κ1) is 16.5. The molecule has 0 aliphatic carbocycles. The van der Waals surface area contributed by atoms with Gasteiger partial charge < -0.3 is 22.6 Å². The fourth-order valence-corrected chi connectivity index (χ4v) is 0.143. The van der Waals surface area contributed by atoms with Crippen molar-refractivity contribution < 1.29 is 61.8 Å². The quantitative estimate of drug-likeness (QED) is 0.323. The van der Waals surface area contributed by atoms with Crippen LogP contribution >= 0.6 is 0 Å². The minimum atomic E-state index is -1.26. The zero-order valence-electron chi connectivity index (χ0n) is 5.24. The maximum atomic E-state index is 9.55. The molecule has 0 aromatic carbocycles. The van der Waals surface area contributed by atoms with Gasteiger partial charge in [-0.2, -0.15) is 0 Å². The monoisotopic (exact) mass is 174 g/mol. The Hall–Kier alpha value is -0.0300. The van der Waals surface area contributed by atoms with Crippen LogP contribution in [0.15, 0.2) is 12.2 Å². The van der Waals surface area contributed by atoms with E-state index in [-0.39, 0.29) is 42.0 Å². The number of carbonyl (C=O) groups is 2. The molecule has 0 amide bonds. The van der Waals surface area contributed by atoms with Crippen LogP contribution in [0.1, 0.15) is 0 Å². The smallest absolute Gasteiger partial charge is 1.00 e. The van der Waals surface area contributed by atoms with Gasteiger partial charge in [0.25, 0.3) is 0 Å². The molecule has 0 aromatic rings. The predicted molar refractivity (Wildman–Crippen MR) is 24.4 cm³/mol. The third kappa shape index (κ3) is 15.7. The predicted octanol–water partition coefficient (Wildman–Crippen LogP) is -6.28. The van der Waals surface area contributed by atoms with Crippen molar-refractivity contribution in [3.05, 3.63) is 12.2 Å². The van der Waals surface area contributed by atoms with Gasteiger partial charge in [-0.15, -0.1) is 0 Å². The van der Waals surface area contributed by atoms with Crippen molar-refractivity contribution in [1.29, 1.82) is 0 Å². The van der Waals surface area contributed by atoms with Gasteiger partial charge in [-0.05, 0) is 0 Å². The molecule has 0 radical (unpaired) electrons. The molecule has 0 aliphatic heterocycles. The Balaban J connectivity index is -0.000000245.